The van der Waals surface area contributed by atoms with Gasteiger partial charge in [-0.2, -0.15) is 0 Å². The summed E-state index contributed by atoms with van der Waals surface area (Å²) in [7, 11) is 1.24. The summed E-state index contributed by atoms with van der Waals surface area (Å²) in [4.78, 5) is 26.0. The lowest BCUT2D eigenvalue weighted by Crippen LogP contribution is -2.08. The zero-order chi connectivity index (χ0) is 15.7. The molecular formula is C13H14N4O4. The molecule has 21 heavy (non-hydrogen) atoms. The lowest BCUT2D eigenvalue weighted by Gasteiger charge is -2.08. The SMILES string of the molecule is COC(=O)c1nc(C)n(-c2ccc([N+](=O)[O-])c(C)c2)c1N. The van der Waals surface area contributed by atoms with Crippen LogP contribution in [0.25, 0.3) is 5.69 Å². The first-order chi connectivity index (χ1) is 9.86. The predicted molar refractivity (Wildman–Crippen MR) is 75.4 cm³/mol. The van der Waals surface area contributed by atoms with Crippen molar-refractivity contribution in [2.45, 2.75) is 13.8 Å². The Balaban J connectivity index is 2.57. The molecule has 8 heteroatoms. The van der Waals surface area contributed by atoms with Crippen molar-refractivity contribution < 1.29 is 14.5 Å². The molecule has 8 nitrogen and oxygen atoms in total. The highest BCUT2D eigenvalue weighted by atomic mass is 16.6. The highest BCUT2D eigenvalue weighted by molar-refractivity contribution is 5.92. The molecule has 2 aromatic rings. The van der Waals surface area contributed by atoms with Crippen molar-refractivity contribution in [1.29, 1.82) is 0 Å². The van der Waals surface area contributed by atoms with Gasteiger partial charge in [-0.3, -0.25) is 14.7 Å². The number of nitrogens with two attached hydrogens (primary N) is 1. The van der Waals surface area contributed by atoms with Gasteiger partial charge in [0.25, 0.3) is 5.69 Å². The maximum atomic E-state index is 11.6. The first-order valence-corrected chi connectivity index (χ1v) is 6.05. The van der Waals surface area contributed by atoms with Crippen LogP contribution in [0.1, 0.15) is 21.9 Å². The van der Waals surface area contributed by atoms with Crippen LogP contribution in [0.3, 0.4) is 0 Å². The summed E-state index contributed by atoms with van der Waals surface area (Å²) in [6.45, 7) is 3.31. The zero-order valence-electron chi connectivity index (χ0n) is 11.8. The van der Waals surface area contributed by atoms with Gasteiger partial charge in [0.15, 0.2) is 5.69 Å². The van der Waals surface area contributed by atoms with E-state index >= 15 is 0 Å². The number of nitro benzene ring substituents is 1. The summed E-state index contributed by atoms with van der Waals surface area (Å²) >= 11 is 0. The van der Waals surface area contributed by atoms with Gasteiger partial charge >= 0.3 is 5.97 Å². The third kappa shape index (κ3) is 2.42. The number of aromatic nitrogens is 2. The van der Waals surface area contributed by atoms with Gasteiger partial charge < -0.3 is 10.5 Å². The summed E-state index contributed by atoms with van der Waals surface area (Å²) in [5.74, 6) is -0.0123. The number of aryl methyl sites for hydroxylation is 2. The monoisotopic (exact) mass is 290 g/mol. The first-order valence-electron chi connectivity index (χ1n) is 6.05. The maximum absolute atomic E-state index is 11.6. The molecule has 0 radical (unpaired) electrons. The van der Waals surface area contributed by atoms with E-state index in [1.165, 1.54) is 13.2 Å². The fourth-order valence-electron chi connectivity index (χ4n) is 2.11. The van der Waals surface area contributed by atoms with Crippen LogP contribution in [-0.2, 0) is 4.74 Å². The Morgan fingerprint density at radius 1 is 1.43 bits per heavy atom. The van der Waals surface area contributed by atoms with E-state index in [9.17, 15) is 14.9 Å². The molecular weight excluding hydrogens is 276 g/mol. The van der Waals surface area contributed by atoms with E-state index in [1.807, 2.05) is 0 Å². The molecule has 0 unspecified atom stereocenters. The second-order valence-corrected chi connectivity index (χ2v) is 4.45. The molecule has 0 fully saturated rings. The molecule has 0 bridgehead atoms. The summed E-state index contributed by atoms with van der Waals surface area (Å²) < 4.78 is 6.16. The minimum absolute atomic E-state index is 0.0169. The molecule has 2 rings (SSSR count). The van der Waals surface area contributed by atoms with Crippen molar-refractivity contribution in [2.75, 3.05) is 12.8 Å². The van der Waals surface area contributed by atoms with Crippen molar-refractivity contribution >= 4 is 17.5 Å². The van der Waals surface area contributed by atoms with E-state index in [2.05, 4.69) is 9.72 Å². The molecule has 0 aliphatic carbocycles. The summed E-state index contributed by atoms with van der Waals surface area (Å²) in [5.41, 5.74) is 7.05. The summed E-state index contributed by atoms with van der Waals surface area (Å²) in [6.07, 6.45) is 0. The van der Waals surface area contributed by atoms with E-state index < -0.39 is 10.9 Å². The number of hydrogen-bond donors (Lipinski definition) is 1. The van der Waals surface area contributed by atoms with Crippen molar-refractivity contribution in [2.24, 2.45) is 0 Å². The Morgan fingerprint density at radius 3 is 2.62 bits per heavy atom. The molecule has 1 aromatic carbocycles. The Hall–Kier alpha value is -2.90. The standard InChI is InChI=1S/C13H14N4O4/c1-7-6-9(4-5-10(7)17(19)20)16-8(2)15-11(12(16)14)13(18)21-3/h4-6H,14H2,1-3H3. The number of carbonyl (C=O) groups is 1. The number of esters is 1. The van der Waals surface area contributed by atoms with Crippen LogP contribution in [0.2, 0.25) is 0 Å². The van der Waals surface area contributed by atoms with E-state index in [4.69, 9.17) is 5.73 Å². The zero-order valence-corrected chi connectivity index (χ0v) is 11.8. The van der Waals surface area contributed by atoms with Gasteiger partial charge in [-0.1, -0.05) is 0 Å². The van der Waals surface area contributed by atoms with Gasteiger partial charge in [-0.05, 0) is 26.0 Å². The number of hydrogen-bond acceptors (Lipinski definition) is 6. The van der Waals surface area contributed by atoms with E-state index in [0.717, 1.165) is 0 Å². The average molecular weight is 290 g/mol. The molecule has 2 N–H and O–H groups in total. The second kappa shape index (κ2) is 5.23. The third-order valence-electron chi connectivity index (χ3n) is 3.09. The topological polar surface area (TPSA) is 113 Å². The molecule has 0 spiro atoms. The van der Waals surface area contributed by atoms with Gasteiger partial charge in [0.2, 0.25) is 0 Å². The van der Waals surface area contributed by atoms with Crippen LogP contribution < -0.4 is 5.73 Å². The molecule has 0 aliphatic rings. The molecule has 1 heterocycles. The number of carbonyl (C=O) groups excluding carboxylic acids is 1. The summed E-state index contributed by atoms with van der Waals surface area (Å²) in [6, 6.07) is 4.56. The minimum atomic E-state index is -0.631. The van der Waals surface area contributed by atoms with Gasteiger partial charge in [-0.15, -0.1) is 0 Å². The summed E-state index contributed by atoms with van der Waals surface area (Å²) in [5, 5.41) is 10.8. The number of nitrogen functional groups attached to an aromatic ring is 1. The predicted octanol–water partition coefficient (Wildman–Crippen LogP) is 1.77. The van der Waals surface area contributed by atoms with Crippen molar-refractivity contribution in [3.8, 4) is 5.69 Å². The number of nitro groups is 1. The first kappa shape index (κ1) is 14.5. The minimum Gasteiger partial charge on any atom is -0.464 e. The van der Waals surface area contributed by atoms with E-state index in [0.29, 0.717) is 17.1 Å². The average Bonchev–Trinajstić information content (AvgIpc) is 2.72. The molecule has 0 amide bonds. The van der Waals surface area contributed by atoms with Crippen LogP contribution in [0.15, 0.2) is 18.2 Å². The van der Waals surface area contributed by atoms with Crippen molar-refractivity contribution in [1.82, 2.24) is 9.55 Å². The van der Waals surface area contributed by atoms with Crippen LogP contribution in [0.4, 0.5) is 11.5 Å². The third-order valence-corrected chi connectivity index (χ3v) is 3.09. The highest BCUT2D eigenvalue weighted by Crippen LogP contribution is 2.25. The normalized spacial score (nSPS) is 10.4. The molecule has 0 saturated heterocycles. The van der Waals surface area contributed by atoms with Crippen LogP contribution >= 0.6 is 0 Å². The number of ether oxygens (including phenoxy) is 1. The highest BCUT2D eigenvalue weighted by Gasteiger charge is 2.21. The molecule has 0 atom stereocenters. The van der Waals surface area contributed by atoms with Gasteiger partial charge in [-0.25, -0.2) is 9.78 Å². The molecule has 0 saturated carbocycles. The van der Waals surface area contributed by atoms with Crippen LogP contribution in [-0.4, -0.2) is 27.6 Å². The number of methoxy groups -OCH3 is 1. The Morgan fingerprint density at radius 2 is 2.10 bits per heavy atom. The molecule has 1 aromatic heterocycles. The number of benzene rings is 1. The second-order valence-electron chi connectivity index (χ2n) is 4.45. The number of nitrogens with zero attached hydrogens (tertiary/aromatic N) is 3. The lowest BCUT2D eigenvalue weighted by molar-refractivity contribution is -0.385. The van der Waals surface area contributed by atoms with Crippen LogP contribution in [0, 0.1) is 24.0 Å². The van der Waals surface area contributed by atoms with Gasteiger partial charge in [0.05, 0.1) is 12.0 Å². The quantitative estimate of drug-likeness (QED) is 0.523. The Bertz CT molecular complexity index is 736. The van der Waals surface area contributed by atoms with Gasteiger partial charge in [0.1, 0.15) is 11.6 Å². The number of rotatable bonds is 3. The Kier molecular flexibility index (Phi) is 3.62. The largest absolute Gasteiger partial charge is 0.464 e. The van der Waals surface area contributed by atoms with E-state index in [-0.39, 0.29) is 17.2 Å². The van der Waals surface area contributed by atoms with Gasteiger partial charge in [0, 0.05) is 17.3 Å². The number of anilines is 1. The smallest absolute Gasteiger partial charge is 0.360 e. The Labute approximate surface area is 120 Å². The lowest BCUT2D eigenvalue weighted by atomic mass is 10.2. The molecule has 110 valence electrons. The van der Waals surface area contributed by atoms with Crippen LogP contribution in [0.5, 0.6) is 0 Å². The number of imidazole rings is 1. The maximum Gasteiger partial charge on any atom is 0.360 e. The van der Waals surface area contributed by atoms with Crippen molar-refractivity contribution in [3.63, 3.8) is 0 Å². The van der Waals surface area contributed by atoms with E-state index in [1.54, 1.807) is 30.5 Å². The fourth-order valence-corrected chi connectivity index (χ4v) is 2.11. The fraction of sp³-hybridized carbons (Fsp3) is 0.231. The molecule has 0 aliphatic heterocycles. The van der Waals surface area contributed by atoms with Crippen molar-refractivity contribution in [3.05, 3.63) is 45.4 Å².